The summed E-state index contributed by atoms with van der Waals surface area (Å²) in [5.74, 6) is 0.199. The highest BCUT2D eigenvalue weighted by molar-refractivity contribution is 5.82. The van der Waals surface area contributed by atoms with Crippen molar-refractivity contribution in [1.29, 1.82) is 0 Å². The minimum atomic E-state index is -0.565. The van der Waals surface area contributed by atoms with Gasteiger partial charge in [0, 0.05) is 6.42 Å². The standard InChI is InChI=1S/C26H31FO2/c1-3-5-7-8-19-10-12-20(13-11-19)14-15-21-16-17-22-18-23(9-6-4-2)29-26(28)24(22)25(21)27/h10-13,16-18H,3-9,14-15H2,1-2H3. The molecule has 0 radical (unpaired) electrons. The van der Waals surface area contributed by atoms with Crippen LogP contribution in [-0.2, 0) is 25.7 Å². The summed E-state index contributed by atoms with van der Waals surface area (Å²) in [7, 11) is 0. The third-order valence-corrected chi connectivity index (χ3v) is 5.55. The van der Waals surface area contributed by atoms with Crippen LogP contribution in [0, 0.1) is 5.82 Å². The van der Waals surface area contributed by atoms with E-state index in [2.05, 4.69) is 38.1 Å². The van der Waals surface area contributed by atoms with Crippen molar-refractivity contribution in [1.82, 2.24) is 0 Å². The molecule has 0 N–H and O–H groups in total. The molecule has 0 saturated heterocycles. The molecular formula is C26H31FO2. The second-order valence-electron chi connectivity index (χ2n) is 7.88. The van der Waals surface area contributed by atoms with Crippen molar-refractivity contribution < 1.29 is 8.81 Å². The molecule has 0 spiro atoms. The van der Waals surface area contributed by atoms with E-state index in [-0.39, 0.29) is 5.39 Å². The van der Waals surface area contributed by atoms with Gasteiger partial charge >= 0.3 is 5.63 Å². The topological polar surface area (TPSA) is 30.2 Å². The number of hydrogen-bond acceptors (Lipinski definition) is 2. The van der Waals surface area contributed by atoms with Gasteiger partial charge in [0.25, 0.3) is 0 Å². The summed E-state index contributed by atoms with van der Waals surface area (Å²) < 4.78 is 20.3. The Labute approximate surface area is 172 Å². The first kappa shape index (κ1) is 21.3. The highest BCUT2D eigenvalue weighted by atomic mass is 19.1. The fourth-order valence-electron chi connectivity index (χ4n) is 3.73. The highest BCUT2D eigenvalue weighted by Gasteiger charge is 2.13. The monoisotopic (exact) mass is 394 g/mol. The summed E-state index contributed by atoms with van der Waals surface area (Å²) in [5.41, 5.74) is 2.55. The Morgan fingerprint density at radius 3 is 2.17 bits per heavy atom. The summed E-state index contributed by atoms with van der Waals surface area (Å²) in [6, 6.07) is 14.1. The minimum Gasteiger partial charge on any atom is -0.427 e. The molecule has 0 aliphatic rings. The minimum absolute atomic E-state index is 0.0778. The first-order valence-electron chi connectivity index (χ1n) is 10.9. The van der Waals surface area contributed by atoms with E-state index in [9.17, 15) is 9.18 Å². The normalized spacial score (nSPS) is 11.3. The van der Waals surface area contributed by atoms with Crippen molar-refractivity contribution in [3.8, 4) is 0 Å². The van der Waals surface area contributed by atoms with Gasteiger partial charge in [-0.05, 0) is 60.2 Å². The van der Waals surface area contributed by atoms with Gasteiger partial charge < -0.3 is 4.42 Å². The number of halogens is 1. The lowest BCUT2D eigenvalue weighted by atomic mass is 9.99. The maximum Gasteiger partial charge on any atom is 0.346 e. The van der Waals surface area contributed by atoms with Gasteiger partial charge in [-0.2, -0.15) is 0 Å². The number of benzene rings is 2. The Morgan fingerprint density at radius 1 is 0.793 bits per heavy atom. The average Bonchev–Trinajstić information content (AvgIpc) is 2.72. The molecule has 3 aromatic rings. The van der Waals surface area contributed by atoms with E-state index in [1.807, 2.05) is 6.07 Å². The Hall–Kier alpha value is -2.42. The number of aryl methyl sites for hydroxylation is 4. The van der Waals surface area contributed by atoms with E-state index in [0.29, 0.717) is 29.6 Å². The summed E-state index contributed by atoms with van der Waals surface area (Å²) in [6.07, 6.45) is 8.82. The third-order valence-electron chi connectivity index (χ3n) is 5.55. The number of unbranched alkanes of at least 4 members (excludes halogenated alkanes) is 3. The van der Waals surface area contributed by atoms with E-state index < -0.39 is 11.4 Å². The van der Waals surface area contributed by atoms with Crippen LogP contribution in [0.1, 0.15) is 68.4 Å². The first-order valence-corrected chi connectivity index (χ1v) is 10.9. The van der Waals surface area contributed by atoms with Crippen LogP contribution in [-0.4, -0.2) is 0 Å². The van der Waals surface area contributed by atoms with Crippen LogP contribution in [0.15, 0.2) is 51.7 Å². The van der Waals surface area contributed by atoms with Gasteiger partial charge in [0.1, 0.15) is 17.0 Å². The molecule has 0 amide bonds. The number of rotatable bonds is 10. The molecule has 1 aromatic heterocycles. The summed E-state index contributed by atoms with van der Waals surface area (Å²) in [4.78, 5) is 12.3. The van der Waals surface area contributed by atoms with Gasteiger partial charge in [0.15, 0.2) is 0 Å². The maximum absolute atomic E-state index is 15.0. The first-order chi connectivity index (χ1) is 14.1. The fourth-order valence-corrected chi connectivity index (χ4v) is 3.73. The van der Waals surface area contributed by atoms with Crippen molar-refractivity contribution in [2.45, 2.75) is 71.6 Å². The predicted octanol–water partition coefficient (Wildman–Crippen LogP) is 6.79. The van der Waals surface area contributed by atoms with Crippen LogP contribution in [0.5, 0.6) is 0 Å². The Balaban J connectivity index is 1.71. The molecule has 0 unspecified atom stereocenters. The number of fused-ring (bicyclic) bond motifs is 1. The lowest BCUT2D eigenvalue weighted by Crippen LogP contribution is -2.07. The summed E-state index contributed by atoms with van der Waals surface area (Å²) in [5, 5.41) is 0.707. The zero-order chi connectivity index (χ0) is 20.6. The van der Waals surface area contributed by atoms with Gasteiger partial charge in [0.2, 0.25) is 0 Å². The van der Waals surface area contributed by atoms with E-state index >= 15 is 0 Å². The van der Waals surface area contributed by atoms with E-state index in [1.165, 1.54) is 30.4 Å². The Morgan fingerprint density at radius 2 is 1.48 bits per heavy atom. The smallest absolute Gasteiger partial charge is 0.346 e. The number of hydrogen-bond donors (Lipinski definition) is 0. The zero-order valence-electron chi connectivity index (χ0n) is 17.6. The van der Waals surface area contributed by atoms with Gasteiger partial charge in [0.05, 0.1) is 0 Å². The third kappa shape index (κ3) is 5.56. The molecule has 0 atom stereocenters. The van der Waals surface area contributed by atoms with Crippen molar-refractivity contribution in [3.63, 3.8) is 0 Å². The van der Waals surface area contributed by atoms with E-state index in [1.54, 1.807) is 12.1 Å². The molecule has 2 nitrogen and oxygen atoms in total. The van der Waals surface area contributed by atoms with Gasteiger partial charge in [-0.3, -0.25) is 0 Å². The van der Waals surface area contributed by atoms with Crippen molar-refractivity contribution in [2.75, 3.05) is 0 Å². The second kappa shape index (κ2) is 10.4. The molecule has 1 heterocycles. The van der Waals surface area contributed by atoms with Gasteiger partial charge in [-0.1, -0.05) is 69.5 Å². The maximum atomic E-state index is 15.0. The molecule has 3 heteroatoms. The van der Waals surface area contributed by atoms with E-state index in [4.69, 9.17) is 4.42 Å². The molecule has 0 bridgehead atoms. The van der Waals surface area contributed by atoms with Crippen molar-refractivity contribution >= 4 is 10.8 Å². The largest absolute Gasteiger partial charge is 0.427 e. The predicted molar refractivity (Wildman–Crippen MR) is 118 cm³/mol. The lowest BCUT2D eigenvalue weighted by Gasteiger charge is -2.08. The van der Waals surface area contributed by atoms with Gasteiger partial charge in [-0.25, -0.2) is 9.18 Å². The fraction of sp³-hybridized carbons (Fsp3) is 0.423. The Bertz CT molecular complexity index is 986. The quantitative estimate of drug-likeness (QED) is 0.354. The summed E-state index contributed by atoms with van der Waals surface area (Å²) >= 11 is 0. The van der Waals surface area contributed by atoms with Crippen molar-refractivity contribution in [2.24, 2.45) is 0 Å². The molecule has 0 aliphatic heterocycles. The average molecular weight is 395 g/mol. The lowest BCUT2D eigenvalue weighted by molar-refractivity contribution is 0.457. The van der Waals surface area contributed by atoms with Crippen LogP contribution in [0.4, 0.5) is 4.39 Å². The van der Waals surface area contributed by atoms with Crippen LogP contribution in [0.2, 0.25) is 0 Å². The molecule has 0 saturated carbocycles. The summed E-state index contributed by atoms with van der Waals surface area (Å²) in [6.45, 7) is 4.30. The molecule has 154 valence electrons. The van der Waals surface area contributed by atoms with Crippen molar-refractivity contribution in [3.05, 3.63) is 81.2 Å². The van der Waals surface area contributed by atoms with Crippen LogP contribution in [0.25, 0.3) is 10.8 Å². The molecule has 3 rings (SSSR count). The molecule has 0 fully saturated rings. The highest BCUT2D eigenvalue weighted by Crippen LogP contribution is 2.22. The SMILES string of the molecule is CCCCCc1ccc(CCc2ccc3cc(CCCC)oc(=O)c3c2F)cc1. The molecule has 0 aliphatic carbocycles. The van der Waals surface area contributed by atoms with Crippen LogP contribution >= 0.6 is 0 Å². The van der Waals surface area contributed by atoms with Gasteiger partial charge in [-0.15, -0.1) is 0 Å². The zero-order valence-corrected chi connectivity index (χ0v) is 17.6. The molecule has 29 heavy (non-hydrogen) atoms. The van der Waals surface area contributed by atoms with E-state index in [0.717, 1.165) is 25.7 Å². The van der Waals surface area contributed by atoms with Crippen LogP contribution in [0.3, 0.4) is 0 Å². The molecule has 2 aromatic carbocycles. The van der Waals surface area contributed by atoms with Crippen LogP contribution < -0.4 is 5.63 Å². The second-order valence-corrected chi connectivity index (χ2v) is 7.88. The molecular weight excluding hydrogens is 363 g/mol. The Kier molecular flexibility index (Phi) is 7.62.